The lowest BCUT2D eigenvalue weighted by atomic mass is 10.5. The maximum atomic E-state index is 10.3. The number of thiophene rings is 1. The number of allylic oxidation sites excluding steroid dienone is 1. The van der Waals surface area contributed by atoms with E-state index in [2.05, 4.69) is 29.1 Å². The van der Waals surface area contributed by atoms with Gasteiger partial charge < -0.3 is 0 Å². The van der Waals surface area contributed by atoms with Gasteiger partial charge in [-0.05, 0) is 28.1 Å². The fourth-order valence-electron chi connectivity index (χ4n) is 0.697. The van der Waals surface area contributed by atoms with E-state index in [1.165, 1.54) is 11.8 Å². The molecule has 4 heteroatoms. The first kappa shape index (κ1) is 10.8. The lowest BCUT2D eigenvalue weighted by molar-refractivity contribution is -0.104. The maximum absolute atomic E-state index is 10.3. The molecule has 0 aliphatic heterocycles. The zero-order valence-corrected chi connectivity index (χ0v) is 9.97. The third-order valence-corrected chi connectivity index (χ3v) is 3.87. The van der Waals surface area contributed by atoms with E-state index in [0.717, 1.165) is 19.9 Å². The van der Waals surface area contributed by atoms with Crippen LogP contribution in [0, 0.1) is 0 Å². The van der Waals surface area contributed by atoms with Gasteiger partial charge in [-0.25, -0.2) is 0 Å². The summed E-state index contributed by atoms with van der Waals surface area (Å²) >= 11 is 6.25. The molecule has 1 nitrogen and oxygen atoms in total. The van der Waals surface area contributed by atoms with Crippen LogP contribution in [0.25, 0.3) is 4.91 Å². The van der Waals surface area contributed by atoms with Crippen LogP contribution in [0.2, 0.25) is 0 Å². The second-order valence-corrected chi connectivity index (χ2v) is 5.90. The quantitative estimate of drug-likeness (QED) is 0.612. The van der Waals surface area contributed by atoms with Gasteiger partial charge in [0.1, 0.15) is 0 Å². The number of hydrogen-bond acceptors (Lipinski definition) is 3. The van der Waals surface area contributed by atoms with Crippen LogP contribution in [0.5, 0.6) is 0 Å². The van der Waals surface area contributed by atoms with E-state index in [9.17, 15) is 4.79 Å². The molecular weight excluding hydrogens is 268 g/mol. The molecule has 0 saturated carbocycles. The molecule has 0 amide bonds. The predicted molar refractivity (Wildman–Crippen MR) is 63.8 cm³/mol. The molecule has 0 unspecified atom stereocenters. The van der Waals surface area contributed by atoms with E-state index >= 15 is 0 Å². The third kappa shape index (κ3) is 3.14. The van der Waals surface area contributed by atoms with Crippen molar-refractivity contribution in [1.82, 2.24) is 0 Å². The zero-order valence-electron chi connectivity index (χ0n) is 6.75. The summed E-state index contributed by atoms with van der Waals surface area (Å²) in [5, 5.41) is 0. The Kier molecular flexibility index (Phi) is 3.96. The van der Waals surface area contributed by atoms with Gasteiger partial charge in [0.05, 0.1) is 3.79 Å². The fraction of sp³-hybridized carbons (Fsp3) is 0. The topological polar surface area (TPSA) is 17.1 Å². The molecule has 0 aliphatic rings. The summed E-state index contributed by atoms with van der Waals surface area (Å²) in [7, 11) is 0. The van der Waals surface area contributed by atoms with Crippen molar-refractivity contribution >= 4 is 50.2 Å². The van der Waals surface area contributed by atoms with E-state index in [1.807, 2.05) is 12.1 Å². The Morgan fingerprint density at radius 3 is 2.69 bits per heavy atom. The number of halogens is 1. The van der Waals surface area contributed by atoms with Gasteiger partial charge in [0.2, 0.25) is 0 Å². The van der Waals surface area contributed by atoms with Crippen LogP contribution in [0.3, 0.4) is 0 Å². The standard InChI is InChI=1S/C9H7BrOS2/c1-6(5-11)12-7(2)8-3-4-9(10)13-8/h3-5H,1-2H2. The van der Waals surface area contributed by atoms with Crippen LogP contribution in [-0.2, 0) is 4.79 Å². The second-order valence-electron chi connectivity index (χ2n) is 2.21. The molecule has 0 saturated heterocycles. The van der Waals surface area contributed by atoms with E-state index in [4.69, 9.17) is 0 Å². The number of carbonyl (C=O) groups is 1. The highest BCUT2D eigenvalue weighted by Gasteiger charge is 2.04. The fourth-order valence-corrected chi connectivity index (χ4v) is 2.73. The van der Waals surface area contributed by atoms with Gasteiger partial charge in [-0.1, -0.05) is 24.9 Å². The van der Waals surface area contributed by atoms with E-state index in [1.54, 1.807) is 11.3 Å². The minimum absolute atomic E-state index is 0.481. The highest BCUT2D eigenvalue weighted by atomic mass is 79.9. The van der Waals surface area contributed by atoms with Crippen molar-refractivity contribution in [1.29, 1.82) is 0 Å². The third-order valence-electron chi connectivity index (χ3n) is 1.23. The van der Waals surface area contributed by atoms with Crippen molar-refractivity contribution in [3.05, 3.63) is 38.9 Å². The average molecular weight is 275 g/mol. The summed E-state index contributed by atoms with van der Waals surface area (Å²) in [5.41, 5.74) is 0. The monoisotopic (exact) mass is 274 g/mol. The first-order valence-electron chi connectivity index (χ1n) is 3.40. The molecule has 1 rings (SSSR count). The van der Waals surface area contributed by atoms with Gasteiger partial charge >= 0.3 is 0 Å². The first-order valence-corrected chi connectivity index (χ1v) is 5.82. The van der Waals surface area contributed by atoms with E-state index < -0.39 is 0 Å². The van der Waals surface area contributed by atoms with Gasteiger partial charge in [-0.15, -0.1) is 11.3 Å². The highest BCUT2D eigenvalue weighted by molar-refractivity contribution is 9.11. The lowest BCUT2D eigenvalue weighted by Gasteiger charge is -1.99. The Morgan fingerprint density at radius 2 is 2.23 bits per heavy atom. The zero-order chi connectivity index (χ0) is 9.84. The summed E-state index contributed by atoms with van der Waals surface area (Å²) in [5.74, 6) is 0. The molecule has 0 fully saturated rings. The van der Waals surface area contributed by atoms with Crippen LogP contribution in [0.1, 0.15) is 4.88 Å². The number of carbonyl (C=O) groups excluding carboxylic acids is 1. The van der Waals surface area contributed by atoms with Crippen molar-refractivity contribution in [3.8, 4) is 0 Å². The molecule has 0 spiro atoms. The molecule has 1 aromatic heterocycles. The minimum Gasteiger partial charge on any atom is -0.297 e. The van der Waals surface area contributed by atoms with Crippen molar-refractivity contribution < 1.29 is 4.79 Å². The summed E-state index contributed by atoms with van der Waals surface area (Å²) < 4.78 is 1.06. The van der Waals surface area contributed by atoms with Crippen molar-refractivity contribution in [2.24, 2.45) is 0 Å². The Labute approximate surface area is 93.7 Å². The first-order chi connectivity index (χ1) is 6.13. The predicted octanol–water partition coefficient (Wildman–Crippen LogP) is 3.93. The van der Waals surface area contributed by atoms with Gasteiger partial charge in [-0.3, -0.25) is 4.79 Å². The van der Waals surface area contributed by atoms with Crippen molar-refractivity contribution in [3.63, 3.8) is 0 Å². The van der Waals surface area contributed by atoms with Gasteiger partial charge in [0.15, 0.2) is 6.29 Å². The Balaban J connectivity index is 2.69. The SMILES string of the molecule is C=C(C=O)SC(=C)c1ccc(Br)s1. The molecule has 0 aromatic carbocycles. The molecule has 0 radical (unpaired) electrons. The van der Waals surface area contributed by atoms with Gasteiger partial charge in [0.25, 0.3) is 0 Å². The molecule has 13 heavy (non-hydrogen) atoms. The van der Waals surface area contributed by atoms with Crippen LogP contribution < -0.4 is 0 Å². The minimum atomic E-state index is 0.481. The number of rotatable bonds is 4. The highest BCUT2D eigenvalue weighted by Crippen LogP contribution is 2.35. The molecule has 0 bridgehead atoms. The van der Waals surface area contributed by atoms with Gasteiger partial charge in [0, 0.05) is 14.7 Å². The van der Waals surface area contributed by atoms with E-state index in [0.29, 0.717) is 4.91 Å². The maximum Gasteiger partial charge on any atom is 0.156 e. The number of aldehydes is 1. The molecule has 1 heterocycles. The van der Waals surface area contributed by atoms with Crippen LogP contribution in [0.15, 0.2) is 34.0 Å². The normalized spacial score (nSPS) is 9.62. The smallest absolute Gasteiger partial charge is 0.156 e. The second kappa shape index (κ2) is 4.79. The Bertz CT molecular complexity index is 354. The molecule has 0 atom stereocenters. The van der Waals surface area contributed by atoms with Crippen LogP contribution >= 0.6 is 39.0 Å². The number of thioether (sulfide) groups is 1. The molecule has 68 valence electrons. The summed E-state index contributed by atoms with van der Waals surface area (Å²) in [4.78, 5) is 12.7. The Morgan fingerprint density at radius 1 is 1.54 bits per heavy atom. The van der Waals surface area contributed by atoms with Crippen LogP contribution in [-0.4, -0.2) is 6.29 Å². The molecule has 1 aromatic rings. The largest absolute Gasteiger partial charge is 0.297 e. The molecular formula is C9H7BrOS2. The molecule has 0 aliphatic carbocycles. The van der Waals surface area contributed by atoms with Gasteiger partial charge in [-0.2, -0.15) is 0 Å². The summed E-state index contributed by atoms with van der Waals surface area (Å²) in [6, 6.07) is 3.91. The van der Waals surface area contributed by atoms with Crippen molar-refractivity contribution in [2.75, 3.05) is 0 Å². The Hall–Kier alpha value is -0.320. The lowest BCUT2D eigenvalue weighted by Crippen LogP contribution is -1.75. The molecule has 0 N–H and O–H groups in total. The average Bonchev–Trinajstić information content (AvgIpc) is 2.51. The van der Waals surface area contributed by atoms with Crippen LogP contribution in [0.4, 0.5) is 0 Å². The van der Waals surface area contributed by atoms with Crippen molar-refractivity contribution in [2.45, 2.75) is 0 Å². The van der Waals surface area contributed by atoms with E-state index in [-0.39, 0.29) is 0 Å². The number of hydrogen-bond donors (Lipinski definition) is 0. The summed E-state index contributed by atoms with van der Waals surface area (Å²) in [6.45, 7) is 7.43. The summed E-state index contributed by atoms with van der Waals surface area (Å²) in [6.07, 6.45) is 0.735.